The Hall–Kier alpha value is -2.85. The van der Waals surface area contributed by atoms with E-state index in [4.69, 9.17) is 11.0 Å². The Bertz CT molecular complexity index is 944. The van der Waals surface area contributed by atoms with Gasteiger partial charge in [0.1, 0.15) is 5.69 Å². The number of anilines is 1. The summed E-state index contributed by atoms with van der Waals surface area (Å²) < 4.78 is 26.1. The van der Waals surface area contributed by atoms with Crippen molar-refractivity contribution in [1.82, 2.24) is 9.97 Å². The fraction of sp³-hybridized carbons (Fsp3) is 0.118. The van der Waals surface area contributed by atoms with Crippen molar-refractivity contribution in [1.29, 1.82) is 5.26 Å². The molecule has 120 valence electrons. The molecular formula is C17H12F2N4S. The topological polar surface area (TPSA) is 75.6 Å². The van der Waals surface area contributed by atoms with Crippen molar-refractivity contribution in [2.24, 2.45) is 0 Å². The highest BCUT2D eigenvalue weighted by Crippen LogP contribution is 2.39. The average molecular weight is 342 g/mol. The Morgan fingerprint density at radius 2 is 1.96 bits per heavy atom. The number of hydrogen-bond donors (Lipinski definition) is 1. The first-order valence-electron chi connectivity index (χ1n) is 7.02. The third kappa shape index (κ3) is 3.09. The van der Waals surface area contributed by atoms with Crippen molar-refractivity contribution in [3.05, 3.63) is 53.3 Å². The standard InChI is InChI=1S/C17H12F2N4S/c1-9-5-12(7-13(22-9)16(18)19)15-14(23-17(21)24-15)11-4-2-3-10(6-11)8-20/h2-7,16H,1H3,(H2,21,23). The van der Waals surface area contributed by atoms with Gasteiger partial charge >= 0.3 is 0 Å². The van der Waals surface area contributed by atoms with E-state index in [9.17, 15) is 8.78 Å². The monoisotopic (exact) mass is 342 g/mol. The molecule has 0 bridgehead atoms. The van der Waals surface area contributed by atoms with Crippen molar-refractivity contribution in [3.63, 3.8) is 0 Å². The molecule has 3 aromatic rings. The maximum atomic E-state index is 13.0. The lowest BCUT2D eigenvalue weighted by Gasteiger charge is -2.07. The Kier molecular flexibility index (Phi) is 4.23. The number of thiazole rings is 1. The van der Waals surface area contributed by atoms with E-state index in [0.29, 0.717) is 38.1 Å². The number of benzene rings is 1. The molecule has 2 aromatic heterocycles. The lowest BCUT2D eigenvalue weighted by atomic mass is 10.0. The van der Waals surface area contributed by atoms with E-state index < -0.39 is 6.43 Å². The molecular weight excluding hydrogens is 330 g/mol. The van der Waals surface area contributed by atoms with Gasteiger partial charge in [-0.15, -0.1) is 0 Å². The summed E-state index contributed by atoms with van der Waals surface area (Å²) in [7, 11) is 0. The first kappa shape index (κ1) is 16.0. The van der Waals surface area contributed by atoms with Crippen LogP contribution >= 0.6 is 11.3 Å². The molecule has 0 fully saturated rings. The van der Waals surface area contributed by atoms with Gasteiger partial charge in [-0.2, -0.15) is 5.26 Å². The summed E-state index contributed by atoms with van der Waals surface area (Å²) in [6.45, 7) is 1.66. The zero-order chi connectivity index (χ0) is 17.3. The van der Waals surface area contributed by atoms with Gasteiger partial charge in [-0.05, 0) is 36.8 Å². The smallest absolute Gasteiger partial charge is 0.280 e. The summed E-state index contributed by atoms with van der Waals surface area (Å²) in [5, 5.41) is 9.38. The van der Waals surface area contributed by atoms with Crippen LogP contribution in [0.4, 0.5) is 13.9 Å². The number of rotatable bonds is 3. The van der Waals surface area contributed by atoms with Crippen LogP contribution < -0.4 is 5.73 Å². The van der Waals surface area contributed by atoms with Crippen LogP contribution in [0.25, 0.3) is 21.7 Å². The number of halogens is 2. The Labute approximate surface area is 141 Å². The minimum Gasteiger partial charge on any atom is -0.375 e. The second-order valence-corrected chi connectivity index (χ2v) is 6.18. The van der Waals surface area contributed by atoms with Gasteiger partial charge in [0.05, 0.1) is 22.2 Å². The molecule has 4 nitrogen and oxygen atoms in total. The Morgan fingerprint density at radius 1 is 1.17 bits per heavy atom. The van der Waals surface area contributed by atoms with Crippen LogP contribution in [0.5, 0.6) is 0 Å². The molecule has 0 aliphatic heterocycles. The molecule has 0 saturated heterocycles. The van der Waals surface area contributed by atoms with Gasteiger partial charge in [-0.1, -0.05) is 23.5 Å². The first-order valence-corrected chi connectivity index (χ1v) is 7.83. The van der Waals surface area contributed by atoms with Crippen LogP contribution in [0.3, 0.4) is 0 Å². The number of hydrogen-bond acceptors (Lipinski definition) is 5. The fourth-order valence-electron chi connectivity index (χ4n) is 2.40. The third-order valence-corrected chi connectivity index (χ3v) is 4.30. The molecule has 2 N–H and O–H groups in total. The molecule has 0 amide bonds. The third-order valence-electron chi connectivity index (χ3n) is 3.37. The number of alkyl halides is 2. The summed E-state index contributed by atoms with van der Waals surface area (Å²) in [5.74, 6) is 0. The average Bonchev–Trinajstić information content (AvgIpc) is 2.96. The highest BCUT2D eigenvalue weighted by molar-refractivity contribution is 7.19. The van der Waals surface area contributed by atoms with Crippen molar-refractivity contribution < 1.29 is 8.78 Å². The second-order valence-electron chi connectivity index (χ2n) is 5.15. The molecule has 3 rings (SSSR count). The van der Waals surface area contributed by atoms with E-state index >= 15 is 0 Å². The molecule has 7 heteroatoms. The van der Waals surface area contributed by atoms with Gasteiger partial charge in [0, 0.05) is 11.3 Å². The molecule has 2 heterocycles. The minimum atomic E-state index is -2.65. The number of nitrogens with two attached hydrogens (primary N) is 1. The number of nitrogens with zero attached hydrogens (tertiary/aromatic N) is 3. The zero-order valence-corrected chi connectivity index (χ0v) is 13.4. The van der Waals surface area contributed by atoms with Crippen LogP contribution in [0.1, 0.15) is 23.4 Å². The van der Waals surface area contributed by atoms with E-state index in [1.807, 2.05) is 0 Å². The van der Waals surface area contributed by atoms with E-state index in [1.165, 1.54) is 17.4 Å². The lowest BCUT2D eigenvalue weighted by Crippen LogP contribution is -1.94. The highest BCUT2D eigenvalue weighted by Gasteiger charge is 2.18. The first-order chi connectivity index (χ1) is 11.5. The van der Waals surface area contributed by atoms with E-state index in [-0.39, 0.29) is 5.69 Å². The predicted octanol–water partition coefficient (Wildman–Crippen LogP) is 4.57. The molecule has 0 unspecified atom stereocenters. The molecule has 0 spiro atoms. The van der Waals surface area contributed by atoms with E-state index in [1.54, 1.807) is 37.3 Å². The normalized spacial score (nSPS) is 10.8. The molecule has 0 saturated carbocycles. The molecule has 1 aromatic carbocycles. The number of nitriles is 1. The summed E-state index contributed by atoms with van der Waals surface area (Å²) >= 11 is 1.22. The maximum Gasteiger partial charge on any atom is 0.280 e. The largest absolute Gasteiger partial charge is 0.375 e. The number of aromatic nitrogens is 2. The molecule has 0 aliphatic carbocycles. The highest BCUT2D eigenvalue weighted by atomic mass is 32.1. The fourth-order valence-corrected chi connectivity index (χ4v) is 3.24. The zero-order valence-electron chi connectivity index (χ0n) is 12.6. The van der Waals surface area contributed by atoms with Crippen LogP contribution in [0.2, 0.25) is 0 Å². The SMILES string of the molecule is Cc1cc(-c2sc(N)nc2-c2cccc(C#N)c2)cc(C(F)F)n1. The summed E-state index contributed by atoms with van der Waals surface area (Å²) in [6, 6.07) is 12.1. The van der Waals surface area contributed by atoms with Gasteiger partial charge in [0.15, 0.2) is 5.13 Å². The van der Waals surface area contributed by atoms with Crippen molar-refractivity contribution in [2.75, 3.05) is 5.73 Å². The quantitative estimate of drug-likeness (QED) is 0.756. The lowest BCUT2D eigenvalue weighted by molar-refractivity contribution is 0.146. The summed E-state index contributed by atoms with van der Waals surface area (Å²) in [6.07, 6.45) is -2.65. The van der Waals surface area contributed by atoms with Gasteiger partial charge < -0.3 is 5.73 Å². The number of aryl methyl sites for hydroxylation is 1. The maximum absolute atomic E-state index is 13.0. The van der Waals surface area contributed by atoms with Gasteiger partial charge in [-0.25, -0.2) is 13.8 Å². The molecule has 0 aliphatic rings. The van der Waals surface area contributed by atoms with Crippen LogP contribution in [0, 0.1) is 18.3 Å². The van der Waals surface area contributed by atoms with Crippen LogP contribution in [-0.2, 0) is 0 Å². The number of nitrogen functional groups attached to an aromatic ring is 1. The van der Waals surface area contributed by atoms with Crippen molar-refractivity contribution >= 4 is 16.5 Å². The van der Waals surface area contributed by atoms with Crippen molar-refractivity contribution in [3.8, 4) is 27.8 Å². The van der Waals surface area contributed by atoms with Crippen molar-refractivity contribution in [2.45, 2.75) is 13.3 Å². The van der Waals surface area contributed by atoms with Crippen LogP contribution in [0.15, 0.2) is 36.4 Å². The minimum absolute atomic E-state index is 0.284. The summed E-state index contributed by atoms with van der Waals surface area (Å²) in [5.41, 5.74) is 8.41. The molecule has 24 heavy (non-hydrogen) atoms. The van der Waals surface area contributed by atoms with E-state index in [0.717, 1.165) is 0 Å². The van der Waals surface area contributed by atoms with Crippen LogP contribution in [-0.4, -0.2) is 9.97 Å². The Morgan fingerprint density at radius 3 is 2.67 bits per heavy atom. The number of pyridine rings is 1. The van der Waals surface area contributed by atoms with E-state index in [2.05, 4.69) is 16.0 Å². The van der Waals surface area contributed by atoms with Gasteiger partial charge in [0.2, 0.25) is 0 Å². The predicted molar refractivity (Wildman–Crippen MR) is 89.6 cm³/mol. The molecule has 0 atom stereocenters. The second kappa shape index (κ2) is 6.34. The molecule has 0 radical (unpaired) electrons. The van der Waals surface area contributed by atoms with Gasteiger partial charge in [-0.3, -0.25) is 4.98 Å². The summed E-state index contributed by atoms with van der Waals surface area (Å²) in [4.78, 5) is 8.85. The Balaban J connectivity index is 2.18. The van der Waals surface area contributed by atoms with Gasteiger partial charge in [0.25, 0.3) is 6.43 Å².